The third-order valence-corrected chi connectivity index (χ3v) is 5.59. The zero-order valence-electron chi connectivity index (χ0n) is 19.6. The first-order chi connectivity index (χ1) is 16.1. The number of hydrogen-bond donors (Lipinski definition) is 3. The average molecular weight is 471 g/mol. The Bertz CT molecular complexity index is 1040. The number of benzene rings is 2. The monoisotopic (exact) mass is 470 g/mol. The number of carbonyl (C=O) groups excluding carboxylic acids is 3. The van der Waals surface area contributed by atoms with Gasteiger partial charge in [0.05, 0.1) is 24.8 Å². The van der Waals surface area contributed by atoms with E-state index < -0.39 is 24.1 Å². The zero-order chi connectivity index (χ0) is 24.8. The standard InChI is InChI=1S/C25H31FN4O4/c1-15(2)10-23(24(27)32)29-12-17-4-6-18(7-5-17)21-9-8-19(11-22(21)26)30-14-20(34-25(30)33)13-28-16(3)31/h4-9,11,15,20,23,29H,10,12-14H2,1-3H3,(H2,27,32)(H,28,31)/t20-,23+/m0/s1. The minimum atomic E-state index is -0.578. The minimum absolute atomic E-state index is 0.205. The summed E-state index contributed by atoms with van der Waals surface area (Å²) in [5.41, 5.74) is 7.90. The van der Waals surface area contributed by atoms with Gasteiger partial charge < -0.3 is 21.1 Å². The lowest BCUT2D eigenvalue weighted by atomic mass is 10.0. The molecule has 1 aliphatic rings. The maximum atomic E-state index is 14.9. The second-order valence-corrected chi connectivity index (χ2v) is 8.88. The van der Waals surface area contributed by atoms with Gasteiger partial charge in [0.15, 0.2) is 0 Å². The molecule has 1 fully saturated rings. The summed E-state index contributed by atoms with van der Waals surface area (Å²) in [6, 6.07) is 11.5. The van der Waals surface area contributed by atoms with Crippen LogP contribution in [0.3, 0.4) is 0 Å². The van der Waals surface area contributed by atoms with Gasteiger partial charge in [-0.2, -0.15) is 0 Å². The summed E-state index contributed by atoms with van der Waals surface area (Å²) < 4.78 is 20.2. The van der Waals surface area contributed by atoms with E-state index >= 15 is 0 Å². The number of nitrogens with two attached hydrogens (primary N) is 1. The molecule has 9 heteroatoms. The number of hydrogen-bond acceptors (Lipinski definition) is 5. The molecule has 1 aliphatic heterocycles. The second kappa shape index (κ2) is 11.1. The minimum Gasteiger partial charge on any atom is -0.442 e. The third kappa shape index (κ3) is 6.54. The first-order valence-corrected chi connectivity index (χ1v) is 11.3. The molecule has 0 aromatic heterocycles. The lowest BCUT2D eigenvalue weighted by Gasteiger charge is -2.17. The van der Waals surface area contributed by atoms with E-state index in [4.69, 9.17) is 10.5 Å². The Morgan fingerprint density at radius 3 is 2.50 bits per heavy atom. The van der Waals surface area contributed by atoms with Crippen molar-refractivity contribution in [3.8, 4) is 11.1 Å². The second-order valence-electron chi connectivity index (χ2n) is 8.88. The lowest BCUT2D eigenvalue weighted by molar-refractivity contribution is -0.120. The van der Waals surface area contributed by atoms with Crippen molar-refractivity contribution >= 4 is 23.6 Å². The summed E-state index contributed by atoms with van der Waals surface area (Å²) in [7, 11) is 0. The first kappa shape index (κ1) is 25.2. The van der Waals surface area contributed by atoms with Crippen LogP contribution in [-0.4, -0.2) is 43.1 Å². The maximum Gasteiger partial charge on any atom is 0.414 e. The van der Waals surface area contributed by atoms with Crippen LogP contribution >= 0.6 is 0 Å². The van der Waals surface area contributed by atoms with Crippen LogP contribution in [0.25, 0.3) is 11.1 Å². The number of nitrogens with one attached hydrogen (secondary N) is 2. The highest BCUT2D eigenvalue weighted by atomic mass is 19.1. The Labute approximate surface area is 198 Å². The highest BCUT2D eigenvalue weighted by molar-refractivity contribution is 5.90. The van der Waals surface area contributed by atoms with Crippen molar-refractivity contribution in [2.45, 2.75) is 45.9 Å². The molecule has 182 valence electrons. The fraction of sp³-hybridized carbons (Fsp3) is 0.400. The number of cyclic esters (lactones) is 1. The molecule has 1 heterocycles. The lowest BCUT2D eigenvalue weighted by Crippen LogP contribution is -2.41. The number of rotatable bonds is 10. The van der Waals surface area contributed by atoms with Crippen molar-refractivity contribution in [2.24, 2.45) is 11.7 Å². The van der Waals surface area contributed by atoms with Crippen molar-refractivity contribution in [3.05, 3.63) is 53.8 Å². The first-order valence-electron chi connectivity index (χ1n) is 11.3. The summed E-state index contributed by atoms with van der Waals surface area (Å²) >= 11 is 0. The largest absolute Gasteiger partial charge is 0.442 e. The van der Waals surface area contributed by atoms with Crippen molar-refractivity contribution in [1.29, 1.82) is 0 Å². The van der Waals surface area contributed by atoms with Crippen LogP contribution in [0.2, 0.25) is 0 Å². The van der Waals surface area contributed by atoms with Gasteiger partial charge in [0.1, 0.15) is 11.9 Å². The van der Waals surface area contributed by atoms with E-state index in [1.54, 1.807) is 12.1 Å². The molecule has 3 rings (SSSR count). The number of anilines is 1. The van der Waals surface area contributed by atoms with Crippen LogP contribution in [0.1, 0.15) is 32.8 Å². The molecule has 34 heavy (non-hydrogen) atoms. The summed E-state index contributed by atoms with van der Waals surface area (Å²) in [5.74, 6) is -0.721. The molecule has 3 amide bonds. The number of nitrogens with zero attached hydrogens (tertiary/aromatic N) is 1. The molecule has 4 N–H and O–H groups in total. The van der Waals surface area contributed by atoms with Gasteiger partial charge in [0.2, 0.25) is 11.8 Å². The molecule has 2 aromatic rings. The molecule has 0 unspecified atom stereocenters. The molecule has 0 aliphatic carbocycles. The van der Waals surface area contributed by atoms with Crippen LogP contribution in [0.15, 0.2) is 42.5 Å². The maximum absolute atomic E-state index is 14.9. The van der Waals surface area contributed by atoms with E-state index in [0.717, 1.165) is 5.56 Å². The molecule has 1 saturated heterocycles. The van der Waals surface area contributed by atoms with E-state index in [-0.39, 0.29) is 24.9 Å². The summed E-state index contributed by atoms with van der Waals surface area (Å²) in [4.78, 5) is 36.2. The van der Waals surface area contributed by atoms with Gasteiger partial charge in [-0.1, -0.05) is 38.1 Å². The molecule has 0 saturated carbocycles. The van der Waals surface area contributed by atoms with Crippen LogP contribution in [-0.2, 0) is 20.9 Å². The predicted octanol–water partition coefficient (Wildman–Crippen LogP) is 2.94. The Hall–Kier alpha value is -3.46. The number of primary amides is 1. The topological polar surface area (TPSA) is 114 Å². The van der Waals surface area contributed by atoms with Gasteiger partial charge in [-0.15, -0.1) is 0 Å². The van der Waals surface area contributed by atoms with Crippen molar-refractivity contribution in [2.75, 3.05) is 18.0 Å². The van der Waals surface area contributed by atoms with Gasteiger partial charge in [-0.3, -0.25) is 14.5 Å². The van der Waals surface area contributed by atoms with E-state index in [0.29, 0.717) is 35.7 Å². The van der Waals surface area contributed by atoms with Crippen LogP contribution < -0.4 is 21.3 Å². The Morgan fingerprint density at radius 1 is 1.21 bits per heavy atom. The van der Waals surface area contributed by atoms with E-state index in [1.807, 2.05) is 38.1 Å². The quantitative estimate of drug-likeness (QED) is 0.494. The highest BCUT2D eigenvalue weighted by Crippen LogP contribution is 2.29. The summed E-state index contributed by atoms with van der Waals surface area (Å²) in [6.07, 6.45) is -0.412. The van der Waals surface area contributed by atoms with Gasteiger partial charge in [-0.25, -0.2) is 9.18 Å². The average Bonchev–Trinajstić information content (AvgIpc) is 3.15. The third-order valence-electron chi connectivity index (χ3n) is 5.59. The number of carbonyl (C=O) groups is 3. The molecular weight excluding hydrogens is 439 g/mol. The fourth-order valence-electron chi connectivity index (χ4n) is 3.82. The smallest absolute Gasteiger partial charge is 0.414 e. The molecule has 2 atom stereocenters. The molecule has 0 spiro atoms. The normalized spacial score (nSPS) is 16.4. The van der Waals surface area contributed by atoms with E-state index in [2.05, 4.69) is 10.6 Å². The SMILES string of the molecule is CC(=O)NC[C@H]1CN(c2ccc(-c3ccc(CN[C@H](CC(C)C)C(N)=O)cc3)c(F)c2)C(=O)O1. The van der Waals surface area contributed by atoms with Crippen LogP contribution in [0.4, 0.5) is 14.9 Å². The number of amides is 3. The van der Waals surface area contributed by atoms with Crippen LogP contribution in [0, 0.1) is 11.7 Å². The predicted molar refractivity (Wildman–Crippen MR) is 127 cm³/mol. The van der Waals surface area contributed by atoms with E-state index in [9.17, 15) is 18.8 Å². The zero-order valence-corrected chi connectivity index (χ0v) is 19.6. The molecule has 0 radical (unpaired) electrons. The van der Waals surface area contributed by atoms with Crippen molar-refractivity contribution in [3.63, 3.8) is 0 Å². The number of halogens is 1. The molecular formula is C25H31FN4O4. The Morgan fingerprint density at radius 2 is 1.91 bits per heavy atom. The Balaban J connectivity index is 1.65. The van der Waals surface area contributed by atoms with Gasteiger partial charge in [-0.05, 0) is 41.7 Å². The molecule has 8 nitrogen and oxygen atoms in total. The summed E-state index contributed by atoms with van der Waals surface area (Å²) in [6.45, 7) is 6.35. The molecule has 0 bridgehead atoms. The van der Waals surface area contributed by atoms with Crippen molar-refractivity contribution in [1.82, 2.24) is 10.6 Å². The van der Waals surface area contributed by atoms with Crippen molar-refractivity contribution < 1.29 is 23.5 Å². The highest BCUT2D eigenvalue weighted by Gasteiger charge is 2.32. The van der Waals surface area contributed by atoms with Gasteiger partial charge in [0, 0.05) is 19.0 Å². The van der Waals surface area contributed by atoms with Gasteiger partial charge in [0.25, 0.3) is 0 Å². The summed E-state index contributed by atoms with van der Waals surface area (Å²) in [5, 5.41) is 5.79. The number of ether oxygens (including phenoxy) is 1. The molecule has 2 aromatic carbocycles. The Kier molecular flexibility index (Phi) is 8.22. The van der Waals surface area contributed by atoms with Crippen LogP contribution in [0.5, 0.6) is 0 Å². The van der Waals surface area contributed by atoms with Gasteiger partial charge >= 0.3 is 6.09 Å². The van der Waals surface area contributed by atoms with E-state index in [1.165, 1.54) is 17.9 Å². The fourth-order valence-corrected chi connectivity index (χ4v) is 3.82.